The first-order valence-electron chi connectivity index (χ1n) is 5.93. The zero-order chi connectivity index (χ0) is 14.4. The average molecular weight is 306 g/mol. The van der Waals surface area contributed by atoms with E-state index >= 15 is 0 Å². The fourth-order valence-corrected chi connectivity index (χ4v) is 2.33. The topological polar surface area (TPSA) is 46.2 Å². The van der Waals surface area contributed by atoms with Crippen LogP contribution in [0.3, 0.4) is 0 Å². The SMILES string of the molecule is O=C(CSc1ccc(Cl)cc1)NC(=O)c1ccccc1. The van der Waals surface area contributed by atoms with E-state index in [2.05, 4.69) is 5.32 Å². The van der Waals surface area contributed by atoms with Crippen molar-refractivity contribution in [1.29, 1.82) is 0 Å². The Balaban J connectivity index is 1.84. The lowest BCUT2D eigenvalue weighted by molar-refractivity contribution is -0.117. The molecular weight excluding hydrogens is 294 g/mol. The van der Waals surface area contributed by atoms with E-state index in [0.717, 1.165) is 4.90 Å². The molecule has 2 rings (SSSR count). The van der Waals surface area contributed by atoms with Crippen LogP contribution in [0.4, 0.5) is 0 Å². The maximum atomic E-state index is 11.8. The summed E-state index contributed by atoms with van der Waals surface area (Å²) in [6.07, 6.45) is 0. The number of hydrogen-bond donors (Lipinski definition) is 1. The van der Waals surface area contributed by atoms with Crippen LogP contribution in [0.2, 0.25) is 5.02 Å². The third kappa shape index (κ3) is 4.40. The highest BCUT2D eigenvalue weighted by molar-refractivity contribution is 8.00. The smallest absolute Gasteiger partial charge is 0.257 e. The average Bonchev–Trinajstić information content (AvgIpc) is 2.47. The highest BCUT2D eigenvalue weighted by atomic mass is 35.5. The highest BCUT2D eigenvalue weighted by Gasteiger charge is 2.10. The van der Waals surface area contributed by atoms with Crippen molar-refractivity contribution in [3.8, 4) is 0 Å². The van der Waals surface area contributed by atoms with Gasteiger partial charge in [-0.1, -0.05) is 29.8 Å². The predicted molar refractivity (Wildman–Crippen MR) is 81.1 cm³/mol. The summed E-state index contributed by atoms with van der Waals surface area (Å²) in [5.41, 5.74) is 0.470. The number of carbonyl (C=O) groups excluding carboxylic acids is 2. The summed E-state index contributed by atoms with van der Waals surface area (Å²) in [4.78, 5) is 24.4. The van der Waals surface area contributed by atoms with Crippen LogP contribution in [-0.2, 0) is 4.79 Å². The summed E-state index contributed by atoms with van der Waals surface area (Å²) < 4.78 is 0. The van der Waals surface area contributed by atoms with Gasteiger partial charge >= 0.3 is 0 Å². The Hall–Kier alpha value is -1.78. The molecule has 5 heteroatoms. The Labute approximate surface area is 126 Å². The Morgan fingerprint density at radius 2 is 1.65 bits per heavy atom. The van der Waals surface area contributed by atoms with Crippen LogP contribution in [0.1, 0.15) is 10.4 Å². The van der Waals surface area contributed by atoms with Crippen LogP contribution in [0.15, 0.2) is 59.5 Å². The fraction of sp³-hybridized carbons (Fsp3) is 0.0667. The van der Waals surface area contributed by atoms with E-state index in [1.165, 1.54) is 11.8 Å². The number of carbonyl (C=O) groups is 2. The van der Waals surface area contributed by atoms with Crippen LogP contribution < -0.4 is 5.32 Å². The molecule has 2 aromatic carbocycles. The molecule has 0 aliphatic heterocycles. The number of imide groups is 1. The number of nitrogens with one attached hydrogen (secondary N) is 1. The fourth-order valence-electron chi connectivity index (χ4n) is 1.50. The summed E-state index contributed by atoms with van der Waals surface area (Å²) in [6, 6.07) is 15.8. The molecular formula is C15H12ClNO2S. The first-order chi connectivity index (χ1) is 9.65. The lowest BCUT2D eigenvalue weighted by Gasteiger charge is -2.04. The molecule has 2 aromatic rings. The van der Waals surface area contributed by atoms with Gasteiger partial charge in [0.2, 0.25) is 5.91 Å². The molecule has 0 fully saturated rings. The van der Waals surface area contributed by atoms with Crippen molar-refractivity contribution in [2.45, 2.75) is 4.90 Å². The monoisotopic (exact) mass is 305 g/mol. The quantitative estimate of drug-likeness (QED) is 0.881. The van der Waals surface area contributed by atoms with Crippen molar-refractivity contribution in [2.24, 2.45) is 0 Å². The lowest BCUT2D eigenvalue weighted by Crippen LogP contribution is -2.31. The number of rotatable bonds is 4. The molecule has 0 bridgehead atoms. The van der Waals surface area contributed by atoms with E-state index in [-0.39, 0.29) is 17.6 Å². The van der Waals surface area contributed by atoms with Gasteiger partial charge in [-0.3, -0.25) is 14.9 Å². The molecule has 102 valence electrons. The van der Waals surface area contributed by atoms with Gasteiger partial charge in [-0.15, -0.1) is 11.8 Å². The van der Waals surface area contributed by atoms with Gasteiger partial charge in [-0.05, 0) is 36.4 Å². The summed E-state index contributed by atoms with van der Waals surface area (Å²) >= 11 is 7.13. The van der Waals surface area contributed by atoms with Gasteiger partial charge < -0.3 is 0 Å². The number of amides is 2. The van der Waals surface area contributed by atoms with Gasteiger partial charge in [0.15, 0.2) is 0 Å². The maximum absolute atomic E-state index is 11.8. The van der Waals surface area contributed by atoms with E-state index in [0.29, 0.717) is 10.6 Å². The lowest BCUT2D eigenvalue weighted by atomic mass is 10.2. The molecule has 0 radical (unpaired) electrons. The molecule has 3 nitrogen and oxygen atoms in total. The van der Waals surface area contributed by atoms with Crippen LogP contribution in [-0.4, -0.2) is 17.6 Å². The largest absolute Gasteiger partial charge is 0.292 e. The van der Waals surface area contributed by atoms with E-state index in [4.69, 9.17) is 11.6 Å². The van der Waals surface area contributed by atoms with Crippen molar-refractivity contribution in [2.75, 3.05) is 5.75 Å². The van der Waals surface area contributed by atoms with Crippen molar-refractivity contribution in [3.05, 3.63) is 65.2 Å². The minimum Gasteiger partial charge on any atom is -0.292 e. The van der Waals surface area contributed by atoms with Crippen LogP contribution in [0.25, 0.3) is 0 Å². The Morgan fingerprint density at radius 1 is 1.00 bits per heavy atom. The standard InChI is InChI=1S/C15H12ClNO2S/c16-12-6-8-13(9-7-12)20-10-14(18)17-15(19)11-4-2-1-3-5-11/h1-9H,10H2,(H,17,18,19). The van der Waals surface area contributed by atoms with Gasteiger partial charge in [0, 0.05) is 15.5 Å². The van der Waals surface area contributed by atoms with E-state index in [1.807, 2.05) is 18.2 Å². The van der Waals surface area contributed by atoms with Gasteiger partial charge in [0.05, 0.1) is 5.75 Å². The summed E-state index contributed by atoms with van der Waals surface area (Å²) in [6.45, 7) is 0. The molecule has 0 aliphatic carbocycles. The Bertz CT molecular complexity index is 599. The van der Waals surface area contributed by atoms with Crippen molar-refractivity contribution >= 4 is 35.2 Å². The molecule has 0 atom stereocenters. The first-order valence-corrected chi connectivity index (χ1v) is 7.29. The minimum atomic E-state index is -0.382. The minimum absolute atomic E-state index is 0.181. The van der Waals surface area contributed by atoms with E-state index < -0.39 is 0 Å². The zero-order valence-electron chi connectivity index (χ0n) is 10.5. The second kappa shape index (κ2) is 7.12. The highest BCUT2D eigenvalue weighted by Crippen LogP contribution is 2.19. The molecule has 0 spiro atoms. The van der Waals surface area contributed by atoms with Gasteiger partial charge in [0.1, 0.15) is 0 Å². The molecule has 0 saturated heterocycles. The number of hydrogen-bond acceptors (Lipinski definition) is 3. The molecule has 2 amide bonds. The molecule has 0 aliphatic rings. The summed E-state index contributed by atoms with van der Waals surface area (Å²) in [5, 5.41) is 3.00. The summed E-state index contributed by atoms with van der Waals surface area (Å²) in [7, 11) is 0. The van der Waals surface area contributed by atoms with Gasteiger partial charge in [-0.25, -0.2) is 0 Å². The maximum Gasteiger partial charge on any atom is 0.257 e. The molecule has 0 aromatic heterocycles. The zero-order valence-corrected chi connectivity index (χ0v) is 12.1. The molecule has 1 N–H and O–H groups in total. The normalized spacial score (nSPS) is 10.1. The number of benzene rings is 2. The van der Waals surface area contributed by atoms with Crippen molar-refractivity contribution in [1.82, 2.24) is 5.32 Å². The van der Waals surface area contributed by atoms with Crippen LogP contribution in [0.5, 0.6) is 0 Å². The Kier molecular flexibility index (Phi) is 5.21. The van der Waals surface area contributed by atoms with Crippen molar-refractivity contribution < 1.29 is 9.59 Å². The van der Waals surface area contributed by atoms with Gasteiger partial charge in [0.25, 0.3) is 5.91 Å². The van der Waals surface area contributed by atoms with Crippen molar-refractivity contribution in [3.63, 3.8) is 0 Å². The predicted octanol–water partition coefficient (Wildman–Crippen LogP) is 3.39. The second-order valence-corrected chi connectivity index (χ2v) is 5.47. The third-order valence-electron chi connectivity index (χ3n) is 2.47. The molecule has 0 heterocycles. The number of thioether (sulfide) groups is 1. The van der Waals surface area contributed by atoms with E-state index in [9.17, 15) is 9.59 Å². The van der Waals surface area contributed by atoms with Gasteiger partial charge in [-0.2, -0.15) is 0 Å². The number of halogens is 1. The van der Waals surface area contributed by atoms with E-state index in [1.54, 1.807) is 36.4 Å². The Morgan fingerprint density at radius 3 is 2.30 bits per heavy atom. The third-order valence-corrected chi connectivity index (χ3v) is 3.74. The van der Waals surface area contributed by atoms with Crippen LogP contribution >= 0.6 is 23.4 Å². The summed E-state index contributed by atoms with van der Waals surface area (Å²) in [5.74, 6) is -0.522. The second-order valence-electron chi connectivity index (χ2n) is 3.99. The molecule has 0 unspecified atom stereocenters. The first kappa shape index (κ1) is 14.6. The molecule has 20 heavy (non-hydrogen) atoms. The molecule has 0 saturated carbocycles. The van der Waals surface area contributed by atoms with Crippen LogP contribution in [0, 0.1) is 0 Å².